The Labute approximate surface area is 837 Å². The number of sulfone groups is 1. The molecule has 3 heterocycles. The van der Waals surface area contributed by atoms with Gasteiger partial charge in [0, 0.05) is 78.3 Å². The molecular weight excluding hydrogens is 1810 g/mol. The standard InChI is InChI=1S/C25H35NO2S.C21H25N.C18H28N2O.C16H24N2.C15H24N2S.4C4H10O2S/c1-25(2,3)29(27,28)20-10-6-4-5-7-11-21-14-16-23(17-15-21)26-19-18-22-12-8-9-13-24(22)26;1-2-3-4-5-6-9-18-12-14-20(15-13-18)22-17-16-19-10-7-8-11-21(19)22;1-2-3-4-5-6-8-15-10-12-16(13-11-15)20-14-7-9-17(20)18(19)21;1-2-3-4-5-6-8-15-9-11-16(12-10-15)18-14-7-13-17;1-2-3-4-5-6-7-13-8-10-14(11-9-13)15(16)12-18-17;4*1-4(2,3)7(5)6/h8-9,12-17H,4-7,10-11,18-20H2,1-3H3;7-8,10-17H,2-6,9H2,1H3;10-13,17H,2-9,14H2,1H3,(H2,19,21);7,9-14H,2-6,8,17H2,1H3;8-12H,2-7,16-17H2,1H3;4*1-3H3,(H,5,6)/p-4/b;;;;15-12-;;;;/t;;17-;;;;;;/m..0....../s1. The van der Waals surface area contributed by atoms with E-state index in [1.54, 1.807) is 122 Å². The molecule has 1 amide bonds. The number of aromatic nitrogens is 1. The molecule has 1 fully saturated rings. The van der Waals surface area contributed by atoms with E-state index in [-0.39, 0.29) is 11.9 Å². The molecule has 19 nitrogen and oxygen atoms in total. The van der Waals surface area contributed by atoms with Crippen molar-refractivity contribution >= 4 is 118 Å². The van der Waals surface area contributed by atoms with Crippen LogP contribution in [0.4, 0.5) is 22.7 Å². The lowest BCUT2D eigenvalue weighted by molar-refractivity contribution is -0.119. The number of nitrogens with zero attached hydrogens (tertiary/aromatic N) is 4. The highest BCUT2D eigenvalue weighted by molar-refractivity contribution is 8.00. The number of anilines is 3. The van der Waals surface area contributed by atoms with Crippen LogP contribution in [0.5, 0.6) is 0 Å². The van der Waals surface area contributed by atoms with Crippen LogP contribution in [0.1, 0.15) is 344 Å². The van der Waals surface area contributed by atoms with Gasteiger partial charge in [0.15, 0.2) is 9.84 Å². The van der Waals surface area contributed by atoms with Gasteiger partial charge >= 0.3 is 0 Å². The Morgan fingerprint density at radius 2 is 0.801 bits per heavy atom. The molecule has 1 saturated heterocycles. The maximum atomic E-state index is 12.1. The van der Waals surface area contributed by atoms with Crippen LogP contribution in [0.2, 0.25) is 0 Å². The van der Waals surface area contributed by atoms with Crippen molar-refractivity contribution < 1.29 is 48.3 Å². The minimum absolute atomic E-state index is 0.120. The summed E-state index contributed by atoms with van der Waals surface area (Å²) in [5.41, 5.74) is 34.1. The molecule has 0 spiro atoms. The smallest absolute Gasteiger partial charge is 0.240 e. The molecular formula is C111H172N8O11S6-4. The second-order valence-corrected chi connectivity index (χ2v) is 49.9. The Hall–Kier alpha value is -7.40. The summed E-state index contributed by atoms with van der Waals surface area (Å²) < 4.78 is 104. The van der Waals surface area contributed by atoms with Crippen LogP contribution in [0, 0.1) is 0 Å². The van der Waals surface area contributed by atoms with Crippen LogP contribution in [0.15, 0.2) is 205 Å². The number of amides is 1. The van der Waals surface area contributed by atoms with Gasteiger partial charge in [-0.25, -0.2) is 8.42 Å². The average Bonchev–Trinajstić information content (AvgIpc) is 1.66. The molecule has 0 aliphatic carbocycles. The number of primary amides is 1. The van der Waals surface area contributed by atoms with Crippen LogP contribution >= 0.6 is 11.9 Å². The van der Waals surface area contributed by atoms with E-state index >= 15 is 0 Å². The topological polar surface area (TPSA) is 340 Å². The number of allylic oxidation sites excluding steroid dienone is 1. The van der Waals surface area contributed by atoms with Gasteiger partial charge in [-0.05, 0) is 361 Å². The number of nitrogens with two attached hydrogens (primary N) is 4. The van der Waals surface area contributed by atoms with Crippen molar-refractivity contribution in [3.63, 3.8) is 0 Å². The molecule has 2 aliphatic heterocycles. The number of unbranched alkanes of at least 4 members (excludes halogenated alkanes) is 20. The summed E-state index contributed by atoms with van der Waals surface area (Å²) in [5, 5.41) is 8.42. The predicted octanol–water partition coefficient (Wildman–Crippen LogP) is 27.0. The zero-order chi connectivity index (χ0) is 102. The first kappa shape index (κ1) is 125. The van der Waals surface area contributed by atoms with Crippen LogP contribution in [0.3, 0.4) is 0 Å². The second kappa shape index (κ2) is 68.6. The number of rotatable bonds is 40. The van der Waals surface area contributed by atoms with E-state index < -0.39 is 77.9 Å². The number of fused-ring (bicyclic) bond motifs is 2. The zero-order valence-corrected chi connectivity index (χ0v) is 91.1. The number of aliphatic imine (C=N–C) groups is 1. The highest BCUT2D eigenvalue weighted by Crippen LogP contribution is 2.35. The van der Waals surface area contributed by atoms with Crippen molar-refractivity contribution in [2.24, 2.45) is 27.3 Å². The second-order valence-electron chi connectivity index (χ2n) is 39.8. The molecule has 2 aliphatic rings. The Morgan fingerprint density at radius 3 is 1.18 bits per heavy atom. The lowest BCUT2D eigenvalue weighted by Gasteiger charge is -2.24. The van der Waals surface area contributed by atoms with Crippen LogP contribution < -0.4 is 32.1 Å². The maximum absolute atomic E-state index is 12.1. The first-order chi connectivity index (χ1) is 64.3. The number of carbonyl (C=O) groups is 1. The van der Waals surface area contributed by atoms with Crippen LogP contribution in [-0.2, 0) is 97.5 Å². The summed E-state index contributed by atoms with van der Waals surface area (Å²) in [5.74, 6) is 0.116. The van der Waals surface area contributed by atoms with Gasteiger partial charge in [0.25, 0.3) is 0 Å². The molecule has 10 rings (SSSR count). The fourth-order valence-corrected chi connectivity index (χ4v) is 15.4. The molecule has 8 aromatic rings. The zero-order valence-electron chi connectivity index (χ0n) is 86.2. The molecule has 0 radical (unpaired) electrons. The largest absolute Gasteiger partial charge is 0.772 e. The van der Waals surface area contributed by atoms with Crippen molar-refractivity contribution in [1.82, 2.24) is 4.57 Å². The average molecular weight is 1990 g/mol. The first-order valence-electron chi connectivity index (χ1n) is 49.5. The fraction of sp³-hybridized carbons (Fsp3) is 0.550. The van der Waals surface area contributed by atoms with E-state index in [4.69, 9.17) is 22.3 Å². The van der Waals surface area contributed by atoms with Gasteiger partial charge in [-0.1, -0.05) is 271 Å². The van der Waals surface area contributed by atoms with Gasteiger partial charge < -0.3 is 49.8 Å². The van der Waals surface area contributed by atoms with Gasteiger partial charge in [0.05, 0.1) is 21.7 Å². The molecule has 25 heteroatoms. The van der Waals surface area contributed by atoms with E-state index in [0.29, 0.717) is 5.75 Å². The third-order valence-electron chi connectivity index (χ3n) is 22.7. The highest BCUT2D eigenvalue weighted by Gasteiger charge is 2.30. The molecule has 7 aromatic carbocycles. The lowest BCUT2D eigenvalue weighted by Crippen LogP contribution is -2.40. The van der Waals surface area contributed by atoms with E-state index in [0.717, 1.165) is 112 Å². The molecule has 0 bridgehead atoms. The fourth-order valence-electron chi connectivity index (χ4n) is 13.9. The Kier molecular flexibility index (Phi) is 62.9. The molecule has 1 aromatic heterocycles. The summed E-state index contributed by atoms with van der Waals surface area (Å²) in [7, 11) is -2.97. The minimum atomic E-state index is -2.97. The quantitative estimate of drug-likeness (QED) is 0.0120. The monoisotopic (exact) mass is 1990 g/mol. The normalized spacial score (nSPS) is 14.1. The van der Waals surface area contributed by atoms with E-state index in [1.165, 1.54) is 215 Å². The summed E-state index contributed by atoms with van der Waals surface area (Å²) >= 11 is -6.59. The molecule has 4 unspecified atom stereocenters. The van der Waals surface area contributed by atoms with Crippen molar-refractivity contribution in [2.45, 2.75) is 373 Å². The number of para-hydroxylation sites is 2. The lowest BCUT2D eigenvalue weighted by atomic mass is 10.0. The summed E-state index contributed by atoms with van der Waals surface area (Å²) in [6, 6.07) is 62.9. The Balaban J connectivity index is 0.000000540. The molecule has 0 saturated carbocycles. The van der Waals surface area contributed by atoms with Gasteiger partial charge in [-0.3, -0.25) is 31.8 Å². The summed E-state index contributed by atoms with van der Waals surface area (Å²) in [6.45, 7) is 36.2. The van der Waals surface area contributed by atoms with Crippen molar-refractivity contribution in [3.05, 3.63) is 239 Å². The number of aryl methyl sites for hydroxylation is 5. The minimum Gasteiger partial charge on any atom is -0.772 e. The number of hydrogen-bond donors (Lipinski definition) is 4. The maximum Gasteiger partial charge on any atom is 0.240 e. The van der Waals surface area contributed by atoms with Crippen LogP contribution in [0.25, 0.3) is 22.3 Å². The van der Waals surface area contributed by atoms with E-state index in [2.05, 4.69) is 229 Å². The predicted molar refractivity (Wildman–Crippen MR) is 586 cm³/mol. The third-order valence-corrected chi connectivity index (χ3v) is 29.8. The molecule has 762 valence electrons. The first-order valence-corrected chi connectivity index (χ1v) is 56.4. The van der Waals surface area contributed by atoms with E-state index in [1.807, 2.05) is 0 Å². The van der Waals surface area contributed by atoms with Crippen molar-refractivity contribution in [2.75, 3.05) is 28.6 Å². The van der Waals surface area contributed by atoms with Crippen LogP contribution in [-0.4, -0.2) is 109 Å². The van der Waals surface area contributed by atoms with Gasteiger partial charge in [0.2, 0.25) is 5.91 Å². The van der Waals surface area contributed by atoms with Crippen molar-refractivity contribution in [3.8, 4) is 5.69 Å². The molecule has 5 atom stereocenters. The molecule has 8 N–H and O–H groups in total. The number of hydrogen-bond acceptors (Lipinski definition) is 18. The molecule has 136 heavy (non-hydrogen) atoms. The van der Waals surface area contributed by atoms with Gasteiger partial charge in [-0.15, -0.1) is 0 Å². The van der Waals surface area contributed by atoms with Gasteiger partial charge in [0.1, 0.15) is 6.04 Å². The number of benzene rings is 7. The summed E-state index contributed by atoms with van der Waals surface area (Å²) in [6.07, 6.45) is 47.8. The van der Waals surface area contributed by atoms with E-state index in [9.17, 15) is 48.3 Å². The number of carbonyl (C=O) groups excluding carboxylic acids is 1. The van der Waals surface area contributed by atoms with Gasteiger partial charge in [-0.2, -0.15) is 0 Å². The SMILES string of the molecule is CC(C)(C)S(=O)(=O)CCCCCCCc1ccc(N2CCc3ccccc32)cc1.CC(C)(C)S(=O)[O-].CC(C)(C)S(=O)[O-].CC(C)(C)S(=O)[O-].CC(C)(C)S(=O)[O-].CCCCCCCc1ccc(-n2ccc3ccccc32)cc1.CCCCCCCc1ccc(/C(N)=C/SN)cc1.CCCCCCCc1ccc(N2CCC[C@H]2C(N)=O)cc1.CCCCCCCc1ccc(N=CC=CN)cc1. The Morgan fingerprint density at radius 1 is 0.449 bits per heavy atom. The summed E-state index contributed by atoms with van der Waals surface area (Å²) in [4.78, 5) is 20.3. The highest BCUT2D eigenvalue weighted by atomic mass is 32.2. The van der Waals surface area contributed by atoms with Crippen molar-refractivity contribution in [1.29, 1.82) is 0 Å². The third kappa shape index (κ3) is 53.8. The Bertz CT molecular complexity index is 4760.